The van der Waals surface area contributed by atoms with Gasteiger partial charge in [0.2, 0.25) is 0 Å². The Balaban J connectivity index is 1.78. The molecule has 1 aromatic heterocycles. The first-order chi connectivity index (χ1) is 16.6. The summed E-state index contributed by atoms with van der Waals surface area (Å²) in [6.07, 6.45) is 1.66. The van der Waals surface area contributed by atoms with Gasteiger partial charge >= 0.3 is 6.09 Å². The van der Waals surface area contributed by atoms with E-state index in [1.807, 2.05) is 74.6 Å². The number of methoxy groups -OCH3 is 1. The van der Waals surface area contributed by atoms with Crippen molar-refractivity contribution in [3.63, 3.8) is 0 Å². The predicted molar refractivity (Wildman–Crippen MR) is 133 cm³/mol. The first-order valence-electron chi connectivity index (χ1n) is 11.3. The molecule has 6 heteroatoms. The smallest absolute Gasteiger partial charge is 0.415 e. The lowest BCUT2D eigenvalue weighted by atomic mass is 9.99. The van der Waals surface area contributed by atoms with Gasteiger partial charge in [0.25, 0.3) is 0 Å². The summed E-state index contributed by atoms with van der Waals surface area (Å²) in [6.45, 7) is 5.69. The molecule has 1 heterocycles. The number of amides is 1. The maximum atomic E-state index is 12.7. The summed E-state index contributed by atoms with van der Waals surface area (Å²) in [5.41, 5.74) is 4.47. The fourth-order valence-corrected chi connectivity index (χ4v) is 4.05. The summed E-state index contributed by atoms with van der Waals surface area (Å²) >= 11 is 0. The van der Waals surface area contributed by atoms with Gasteiger partial charge in [-0.1, -0.05) is 24.3 Å². The molecule has 0 radical (unpaired) electrons. The molecule has 3 aromatic carbocycles. The van der Waals surface area contributed by atoms with Crippen molar-refractivity contribution in [2.45, 2.75) is 20.4 Å². The van der Waals surface area contributed by atoms with Crippen molar-refractivity contribution in [1.29, 1.82) is 5.26 Å². The van der Waals surface area contributed by atoms with Crippen molar-refractivity contribution >= 4 is 17.0 Å². The highest BCUT2D eigenvalue weighted by Gasteiger charge is 2.19. The van der Waals surface area contributed by atoms with E-state index in [4.69, 9.17) is 9.47 Å². The molecule has 0 N–H and O–H groups in total. The molecule has 0 aliphatic heterocycles. The number of carbonyl (C=O) groups is 1. The molecular formula is C28H27N3O3. The standard InChI is InChI=1S/C28H27N3O3/c1-4-30(5-2)28(32)34-26-15-14-25-24(27(26)22-10-6-20(18-29)7-11-22)16-17-31(25)19-21-8-12-23(33-3)13-9-21/h6-17H,4-5,19H2,1-3H3. The maximum Gasteiger partial charge on any atom is 0.415 e. The minimum atomic E-state index is -0.378. The van der Waals surface area contributed by atoms with Gasteiger partial charge in [0.05, 0.1) is 18.7 Å². The van der Waals surface area contributed by atoms with E-state index in [1.165, 1.54) is 0 Å². The lowest BCUT2D eigenvalue weighted by Gasteiger charge is -2.20. The molecule has 0 fully saturated rings. The minimum Gasteiger partial charge on any atom is -0.497 e. The normalized spacial score (nSPS) is 10.6. The van der Waals surface area contributed by atoms with Gasteiger partial charge in [0, 0.05) is 42.3 Å². The third-order valence-corrected chi connectivity index (χ3v) is 5.95. The first-order valence-corrected chi connectivity index (χ1v) is 11.3. The number of carbonyl (C=O) groups excluding carboxylic acids is 1. The molecule has 4 aromatic rings. The number of hydrogen-bond acceptors (Lipinski definition) is 4. The molecule has 0 bridgehead atoms. The molecule has 0 spiro atoms. The Bertz CT molecular complexity index is 1330. The summed E-state index contributed by atoms with van der Waals surface area (Å²) in [6, 6.07) is 23.4. The second-order valence-electron chi connectivity index (χ2n) is 7.89. The second-order valence-corrected chi connectivity index (χ2v) is 7.89. The van der Waals surface area contributed by atoms with Crippen LogP contribution < -0.4 is 9.47 Å². The Morgan fingerprint density at radius 1 is 0.971 bits per heavy atom. The number of ether oxygens (including phenoxy) is 2. The first kappa shape index (κ1) is 22.9. The van der Waals surface area contributed by atoms with Gasteiger partial charge in [-0.3, -0.25) is 0 Å². The molecule has 0 atom stereocenters. The van der Waals surface area contributed by atoms with Crippen LogP contribution in [-0.4, -0.2) is 35.8 Å². The van der Waals surface area contributed by atoms with E-state index in [1.54, 1.807) is 24.1 Å². The zero-order chi connectivity index (χ0) is 24.1. The molecule has 172 valence electrons. The van der Waals surface area contributed by atoms with Crippen molar-refractivity contribution in [1.82, 2.24) is 9.47 Å². The molecule has 1 amide bonds. The Morgan fingerprint density at radius 2 is 1.68 bits per heavy atom. The highest BCUT2D eigenvalue weighted by atomic mass is 16.6. The lowest BCUT2D eigenvalue weighted by Crippen LogP contribution is -2.33. The number of fused-ring (bicyclic) bond motifs is 1. The molecule has 6 nitrogen and oxygen atoms in total. The van der Waals surface area contributed by atoms with Crippen LogP contribution in [0.2, 0.25) is 0 Å². The van der Waals surface area contributed by atoms with Crippen LogP contribution in [-0.2, 0) is 6.54 Å². The van der Waals surface area contributed by atoms with E-state index in [0.29, 0.717) is 30.9 Å². The quantitative estimate of drug-likeness (QED) is 0.340. The number of nitrogens with zero attached hydrogens (tertiary/aromatic N) is 3. The largest absolute Gasteiger partial charge is 0.497 e. The van der Waals surface area contributed by atoms with Crippen LogP contribution in [0.15, 0.2) is 72.9 Å². The molecule has 0 saturated heterocycles. The summed E-state index contributed by atoms with van der Waals surface area (Å²) in [5.74, 6) is 1.32. The maximum absolute atomic E-state index is 12.7. The SMILES string of the molecule is CCN(CC)C(=O)Oc1ccc2c(ccn2Cc2ccc(OC)cc2)c1-c1ccc(C#N)cc1. The van der Waals surface area contributed by atoms with Crippen LogP contribution in [0.25, 0.3) is 22.0 Å². The third kappa shape index (κ3) is 4.60. The molecular weight excluding hydrogens is 426 g/mol. The van der Waals surface area contributed by atoms with Gasteiger partial charge in [-0.05, 0) is 67.4 Å². The van der Waals surface area contributed by atoms with Crippen LogP contribution >= 0.6 is 0 Å². The fourth-order valence-electron chi connectivity index (χ4n) is 4.05. The van der Waals surface area contributed by atoms with E-state index >= 15 is 0 Å². The Kier molecular flexibility index (Phi) is 6.84. The molecule has 0 saturated carbocycles. The van der Waals surface area contributed by atoms with E-state index < -0.39 is 0 Å². The number of nitriles is 1. The lowest BCUT2D eigenvalue weighted by molar-refractivity contribution is 0.157. The molecule has 0 aliphatic carbocycles. The van der Waals surface area contributed by atoms with Crippen molar-refractivity contribution in [2.24, 2.45) is 0 Å². The number of aromatic nitrogens is 1. The zero-order valence-corrected chi connectivity index (χ0v) is 19.6. The average molecular weight is 454 g/mol. The minimum absolute atomic E-state index is 0.378. The van der Waals surface area contributed by atoms with Crippen molar-refractivity contribution in [2.75, 3.05) is 20.2 Å². The van der Waals surface area contributed by atoms with Gasteiger partial charge in [0.1, 0.15) is 11.5 Å². The number of benzene rings is 3. The number of rotatable bonds is 7. The topological polar surface area (TPSA) is 67.5 Å². The summed E-state index contributed by atoms with van der Waals surface area (Å²) in [7, 11) is 1.66. The number of hydrogen-bond donors (Lipinski definition) is 0. The zero-order valence-electron chi connectivity index (χ0n) is 19.6. The van der Waals surface area contributed by atoms with Gasteiger partial charge < -0.3 is 18.9 Å². The molecule has 0 unspecified atom stereocenters. The van der Waals surface area contributed by atoms with Gasteiger partial charge in [-0.2, -0.15) is 5.26 Å². The van der Waals surface area contributed by atoms with Gasteiger partial charge in [0.15, 0.2) is 0 Å². The monoisotopic (exact) mass is 453 g/mol. The van der Waals surface area contributed by atoms with E-state index in [9.17, 15) is 10.1 Å². The summed E-state index contributed by atoms with van der Waals surface area (Å²) in [4.78, 5) is 14.4. The van der Waals surface area contributed by atoms with Crippen molar-refractivity contribution < 1.29 is 14.3 Å². The van der Waals surface area contributed by atoms with Crippen LogP contribution in [0.3, 0.4) is 0 Å². The Morgan fingerprint density at radius 3 is 2.29 bits per heavy atom. The van der Waals surface area contributed by atoms with Crippen LogP contribution in [0.5, 0.6) is 11.5 Å². The molecule has 0 aliphatic rings. The molecule has 34 heavy (non-hydrogen) atoms. The van der Waals surface area contributed by atoms with Crippen LogP contribution in [0.4, 0.5) is 4.79 Å². The van der Waals surface area contributed by atoms with Crippen molar-refractivity contribution in [3.8, 4) is 28.7 Å². The molecule has 4 rings (SSSR count). The predicted octanol–water partition coefficient (Wildman–Crippen LogP) is 6.08. The summed E-state index contributed by atoms with van der Waals surface area (Å²) < 4.78 is 13.3. The Hall–Kier alpha value is -4.24. The van der Waals surface area contributed by atoms with Crippen molar-refractivity contribution in [3.05, 3.63) is 84.1 Å². The van der Waals surface area contributed by atoms with E-state index in [2.05, 4.69) is 10.6 Å². The third-order valence-electron chi connectivity index (χ3n) is 5.95. The van der Waals surface area contributed by atoms with Gasteiger partial charge in [-0.15, -0.1) is 0 Å². The van der Waals surface area contributed by atoms with E-state index in [-0.39, 0.29) is 6.09 Å². The summed E-state index contributed by atoms with van der Waals surface area (Å²) in [5, 5.41) is 10.2. The van der Waals surface area contributed by atoms with E-state index in [0.717, 1.165) is 33.3 Å². The van der Waals surface area contributed by atoms with Gasteiger partial charge in [-0.25, -0.2) is 4.79 Å². The van der Waals surface area contributed by atoms with Crippen LogP contribution in [0.1, 0.15) is 25.0 Å². The second kappa shape index (κ2) is 10.1. The highest BCUT2D eigenvalue weighted by molar-refractivity contribution is 5.99. The Labute approximate surface area is 199 Å². The fraction of sp³-hybridized carbons (Fsp3) is 0.214. The average Bonchev–Trinajstić information content (AvgIpc) is 3.27. The van der Waals surface area contributed by atoms with Crippen LogP contribution in [0, 0.1) is 11.3 Å². The highest BCUT2D eigenvalue weighted by Crippen LogP contribution is 2.38.